The maximum Gasteiger partial charge on any atom is 0.219 e. The fourth-order valence-electron chi connectivity index (χ4n) is 0.765. The predicted molar refractivity (Wildman–Crippen MR) is 51.7 cm³/mol. The smallest absolute Gasteiger partial charge is 0.219 e. The first kappa shape index (κ1) is 9.86. The zero-order valence-electron chi connectivity index (χ0n) is 7.21. The van der Waals surface area contributed by atoms with Gasteiger partial charge in [0.25, 0.3) is 0 Å². The van der Waals surface area contributed by atoms with Crippen molar-refractivity contribution in [2.75, 3.05) is 13.7 Å². The number of halogens is 1. The Bertz CT molecular complexity index is 301. The van der Waals surface area contributed by atoms with E-state index in [1.165, 1.54) is 7.11 Å². The highest BCUT2D eigenvalue weighted by Gasteiger charge is 1.97. The molecule has 1 rings (SSSR count). The van der Waals surface area contributed by atoms with Gasteiger partial charge in [0.15, 0.2) is 6.61 Å². The predicted octanol–water partition coefficient (Wildman–Crippen LogP) is 2.34. The van der Waals surface area contributed by atoms with Crippen LogP contribution < -0.4 is 4.74 Å². The van der Waals surface area contributed by atoms with Crippen LogP contribution in [0, 0.1) is 5.41 Å². The molecule has 0 bridgehead atoms. The van der Waals surface area contributed by atoms with Gasteiger partial charge in [0.2, 0.25) is 5.90 Å². The van der Waals surface area contributed by atoms with E-state index in [0.29, 0.717) is 10.8 Å². The lowest BCUT2D eigenvalue weighted by Crippen LogP contribution is -2.11. The van der Waals surface area contributed by atoms with Crippen molar-refractivity contribution in [1.29, 1.82) is 5.41 Å². The van der Waals surface area contributed by atoms with Crippen LogP contribution in [-0.2, 0) is 4.74 Å². The molecule has 1 N–H and O–H groups in total. The number of nitrogens with one attached hydrogen (secondary N) is 1. The van der Waals surface area contributed by atoms with Crippen LogP contribution in [0.2, 0.25) is 5.02 Å². The molecule has 0 saturated heterocycles. The fourth-order valence-corrected chi connectivity index (χ4v) is 0.945. The molecule has 0 spiro atoms. The molecule has 13 heavy (non-hydrogen) atoms. The lowest BCUT2D eigenvalue weighted by Gasteiger charge is -2.05. The number of hydrogen-bond acceptors (Lipinski definition) is 3. The van der Waals surface area contributed by atoms with Crippen molar-refractivity contribution < 1.29 is 9.47 Å². The van der Waals surface area contributed by atoms with Crippen LogP contribution in [-0.4, -0.2) is 19.6 Å². The molecule has 4 heteroatoms. The van der Waals surface area contributed by atoms with E-state index in [2.05, 4.69) is 4.74 Å². The van der Waals surface area contributed by atoms with Crippen molar-refractivity contribution in [3.8, 4) is 5.75 Å². The molecular formula is C9H10ClNO2. The third-order valence-electron chi connectivity index (χ3n) is 1.41. The summed E-state index contributed by atoms with van der Waals surface area (Å²) in [4.78, 5) is 0. The third kappa shape index (κ3) is 3.34. The van der Waals surface area contributed by atoms with E-state index in [1.807, 2.05) is 0 Å². The highest BCUT2D eigenvalue weighted by molar-refractivity contribution is 6.30. The van der Waals surface area contributed by atoms with Gasteiger partial charge in [0, 0.05) is 5.02 Å². The molecule has 0 amide bonds. The van der Waals surface area contributed by atoms with E-state index in [9.17, 15) is 0 Å². The van der Waals surface area contributed by atoms with Crippen LogP contribution in [0.4, 0.5) is 0 Å². The van der Waals surface area contributed by atoms with E-state index in [0.717, 1.165) is 0 Å². The average Bonchev–Trinajstić information content (AvgIpc) is 2.14. The van der Waals surface area contributed by atoms with Crippen molar-refractivity contribution in [1.82, 2.24) is 0 Å². The summed E-state index contributed by atoms with van der Waals surface area (Å²) in [7, 11) is 1.43. The minimum Gasteiger partial charge on any atom is -0.484 e. The zero-order chi connectivity index (χ0) is 9.68. The summed E-state index contributed by atoms with van der Waals surface area (Å²) < 4.78 is 9.83. The number of methoxy groups -OCH3 is 1. The van der Waals surface area contributed by atoms with Crippen LogP contribution in [0.25, 0.3) is 0 Å². The Morgan fingerprint density at radius 3 is 2.92 bits per heavy atom. The SMILES string of the molecule is COC(=N)COc1cccc(Cl)c1. The van der Waals surface area contributed by atoms with Gasteiger partial charge in [0.05, 0.1) is 7.11 Å². The second-order valence-corrected chi connectivity index (χ2v) is 2.81. The second kappa shape index (κ2) is 4.72. The van der Waals surface area contributed by atoms with Gasteiger partial charge >= 0.3 is 0 Å². The fraction of sp³-hybridized carbons (Fsp3) is 0.222. The molecule has 0 aromatic heterocycles. The average molecular weight is 200 g/mol. The molecule has 70 valence electrons. The summed E-state index contributed by atoms with van der Waals surface area (Å²) in [6.45, 7) is 0.122. The zero-order valence-corrected chi connectivity index (χ0v) is 7.97. The molecule has 3 nitrogen and oxygen atoms in total. The van der Waals surface area contributed by atoms with E-state index >= 15 is 0 Å². The van der Waals surface area contributed by atoms with Crippen LogP contribution in [0.3, 0.4) is 0 Å². The second-order valence-electron chi connectivity index (χ2n) is 2.37. The first-order valence-corrected chi connectivity index (χ1v) is 4.10. The molecule has 1 aromatic rings. The quantitative estimate of drug-likeness (QED) is 0.600. The molecule has 1 aromatic carbocycles. The van der Waals surface area contributed by atoms with Gasteiger partial charge < -0.3 is 9.47 Å². The molecule has 0 unspecified atom stereocenters. The standard InChI is InChI=1S/C9H10ClNO2/c1-12-9(11)6-13-8-4-2-3-7(10)5-8/h2-5,11H,6H2,1H3. The summed E-state index contributed by atoms with van der Waals surface area (Å²) in [5.41, 5.74) is 0. The van der Waals surface area contributed by atoms with E-state index in [-0.39, 0.29) is 12.5 Å². The van der Waals surface area contributed by atoms with Crippen molar-refractivity contribution in [2.45, 2.75) is 0 Å². The Labute approximate surface area is 81.7 Å². The lowest BCUT2D eigenvalue weighted by atomic mass is 10.3. The minimum absolute atomic E-state index is 0.0833. The first-order valence-electron chi connectivity index (χ1n) is 3.72. The molecule has 0 radical (unpaired) electrons. The van der Waals surface area contributed by atoms with E-state index in [1.54, 1.807) is 24.3 Å². The third-order valence-corrected chi connectivity index (χ3v) is 1.65. The van der Waals surface area contributed by atoms with Gasteiger partial charge in [-0.15, -0.1) is 0 Å². The van der Waals surface area contributed by atoms with Gasteiger partial charge in [-0.1, -0.05) is 17.7 Å². The molecule has 0 aliphatic carbocycles. The first-order chi connectivity index (χ1) is 6.22. The monoisotopic (exact) mass is 199 g/mol. The maximum atomic E-state index is 7.16. The molecule has 0 fully saturated rings. The van der Waals surface area contributed by atoms with Crippen LogP contribution in [0.15, 0.2) is 24.3 Å². The molecule has 0 heterocycles. The van der Waals surface area contributed by atoms with Gasteiger partial charge in [0.1, 0.15) is 5.75 Å². The summed E-state index contributed by atoms with van der Waals surface area (Å²) in [5, 5.41) is 7.77. The summed E-state index contributed by atoms with van der Waals surface area (Å²) in [6.07, 6.45) is 0. The summed E-state index contributed by atoms with van der Waals surface area (Å²) in [6, 6.07) is 7.00. The number of rotatable bonds is 3. The van der Waals surface area contributed by atoms with E-state index in [4.69, 9.17) is 21.7 Å². The number of ether oxygens (including phenoxy) is 2. The Morgan fingerprint density at radius 1 is 1.54 bits per heavy atom. The molecular weight excluding hydrogens is 190 g/mol. The van der Waals surface area contributed by atoms with Crippen molar-refractivity contribution >= 4 is 17.5 Å². The molecule has 0 aliphatic rings. The lowest BCUT2D eigenvalue weighted by molar-refractivity contribution is 0.309. The Kier molecular flexibility index (Phi) is 3.58. The van der Waals surface area contributed by atoms with Gasteiger partial charge in [-0.05, 0) is 18.2 Å². The highest BCUT2D eigenvalue weighted by atomic mass is 35.5. The largest absolute Gasteiger partial charge is 0.484 e. The molecule has 0 aliphatic heterocycles. The Hall–Kier alpha value is -1.22. The summed E-state index contributed by atoms with van der Waals surface area (Å²) >= 11 is 5.73. The van der Waals surface area contributed by atoms with Crippen molar-refractivity contribution in [2.24, 2.45) is 0 Å². The number of benzene rings is 1. The molecule has 0 atom stereocenters. The maximum absolute atomic E-state index is 7.16. The minimum atomic E-state index is 0.0833. The number of hydrogen-bond donors (Lipinski definition) is 1. The van der Waals surface area contributed by atoms with Crippen molar-refractivity contribution in [3.05, 3.63) is 29.3 Å². The van der Waals surface area contributed by atoms with Crippen LogP contribution in [0.5, 0.6) is 5.75 Å². The normalized spacial score (nSPS) is 9.38. The highest BCUT2D eigenvalue weighted by Crippen LogP contribution is 2.16. The van der Waals surface area contributed by atoms with Gasteiger partial charge in [-0.2, -0.15) is 0 Å². The van der Waals surface area contributed by atoms with Crippen LogP contribution >= 0.6 is 11.6 Å². The topological polar surface area (TPSA) is 42.3 Å². The summed E-state index contributed by atoms with van der Waals surface area (Å²) in [5.74, 6) is 0.717. The van der Waals surface area contributed by atoms with Crippen molar-refractivity contribution in [3.63, 3.8) is 0 Å². The van der Waals surface area contributed by atoms with Gasteiger partial charge in [-0.3, -0.25) is 5.41 Å². The van der Waals surface area contributed by atoms with E-state index < -0.39 is 0 Å². The Balaban J connectivity index is 2.50. The molecule has 0 saturated carbocycles. The van der Waals surface area contributed by atoms with Gasteiger partial charge in [-0.25, -0.2) is 0 Å². The van der Waals surface area contributed by atoms with Crippen LogP contribution in [0.1, 0.15) is 0 Å². The Morgan fingerprint density at radius 2 is 2.31 bits per heavy atom.